The van der Waals surface area contributed by atoms with Crippen LogP contribution in [0.15, 0.2) is 15.0 Å². The van der Waals surface area contributed by atoms with E-state index in [-0.39, 0.29) is 17.7 Å². The molecule has 2 aromatic heterocycles. The lowest BCUT2D eigenvalue weighted by atomic mass is 10.1. The average molecular weight is 315 g/mol. The molecule has 1 fully saturated rings. The SMILES string of the molecule is Cc1noc([C@@H]2CN(C(=O)c3cc(C#N)oc3C)CCN2C)n1. The molecule has 0 bridgehead atoms. The summed E-state index contributed by atoms with van der Waals surface area (Å²) in [5.41, 5.74) is 0.423. The van der Waals surface area contributed by atoms with Gasteiger partial charge in [-0.15, -0.1) is 0 Å². The highest BCUT2D eigenvalue weighted by Crippen LogP contribution is 2.25. The van der Waals surface area contributed by atoms with Crippen LogP contribution in [0.5, 0.6) is 0 Å². The number of hydrogen-bond acceptors (Lipinski definition) is 7. The van der Waals surface area contributed by atoms with Gasteiger partial charge in [0.25, 0.3) is 5.91 Å². The highest BCUT2D eigenvalue weighted by atomic mass is 16.5. The number of amides is 1. The maximum absolute atomic E-state index is 12.7. The zero-order valence-electron chi connectivity index (χ0n) is 13.2. The Bertz CT molecular complexity index is 772. The summed E-state index contributed by atoms with van der Waals surface area (Å²) in [5, 5.41) is 12.7. The summed E-state index contributed by atoms with van der Waals surface area (Å²) in [6, 6.07) is 3.26. The van der Waals surface area contributed by atoms with Crippen LogP contribution in [0.4, 0.5) is 0 Å². The molecule has 1 aliphatic rings. The number of carbonyl (C=O) groups is 1. The summed E-state index contributed by atoms with van der Waals surface area (Å²) >= 11 is 0. The van der Waals surface area contributed by atoms with Crippen molar-refractivity contribution in [3.8, 4) is 6.07 Å². The Kier molecular flexibility index (Phi) is 3.88. The summed E-state index contributed by atoms with van der Waals surface area (Å²) in [5.74, 6) is 1.52. The first-order chi connectivity index (χ1) is 11.0. The van der Waals surface area contributed by atoms with Gasteiger partial charge in [0.05, 0.1) is 5.56 Å². The molecule has 1 saturated heterocycles. The molecule has 8 nitrogen and oxygen atoms in total. The molecule has 0 spiro atoms. The highest BCUT2D eigenvalue weighted by molar-refractivity contribution is 5.95. The van der Waals surface area contributed by atoms with Crippen molar-refractivity contribution in [1.29, 1.82) is 5.26 Å². The van der Waals surface area contributed by atoms with Gasteiger partial charge in [-0.05, 0) is 20.9 Å². The molecule has 0 saturated carbocycles. The van der Waals surface area contributed by atoms with Gasteiger partial charge in [0, 0.05) is 25.7 Å². The van der Waals surface area contributed by atoms with Gasteiger partial charge in [0.1, 0.15) is 17.9 Å². The molecular formula is C15H17N5O3. The van der Waals surface area contributed by atoms with Crippen LogP contribution < -0.4 is 0 Å². The van der Waals surface area contributed by atoms with Crippen molar-refractivity contribution in [2.24, 2.45) is 0 Å². The van der Waals surface area contributed by atoms with Crippen molar-refractivity contribution in [3.05, 3.63) is 34.9 Å². The zero-order chi connectivity index (χ0) is 16.6. The molecule has 0 aromatic carbocycles. The first-order valence-corrected chi connectivity index (χ1v) is 7.30. The predicted molar refractivity (Wildman–Crippen MR) is 78.5 cm³/mol. The number of rotatable bonds is 2. The third kappa shape index (κ3) is 2.83. The Morgan fingerprint density at radius 2 is 2.22 bits per heavy atom. The number of nitrogens with zero attached hydrogens (tertiary/aromatic N) is 5. The van der Waals surface area contributed by atoms with E-state index in [0.29, 0.717) is 42.7 Å². The minimum absolute atomic E-state index is 0.142. The third-order valence-electron chi connectivity index (χ3n) is 4.02. The second kappa shape index (κ2) is 5.85. The normalized spacial score (nSPS) is 18.9. The lowest BCUT2D eigenvalue weighted by Crippen LogP contribution is -2.49. The van der Waals surface area contributed by atoms with E-state index in [1.807, 2.05) is 13.1 Å². The van der Waals surface area contributed by atoms with E-state index in [1.54, 1.807) is 18.7 Å². The summed E-state index contributed by atoms with van der Waals surface area (Å²) in [7, 11) is 1.96. The average Bonchev–Trinajstić information content (AvgIpc) is 3.13. The number of carbonyl (C=O) groups excluding carboxylic acids is 1. The Morgan fingerprint density at radius 1 is 1.43 bits per heavy atom. The molecule has 0 N–H and O–H groups in total. The van der Waals surface area contributed by atoms with E-state index in [2.05, 4.69) is 15.0 Å². The van der Waals surface area contributed by atoms with E-state index in [1.165, 1.54) is 6.07 Å². The molecule has 120 valence electrons. The standard InChI is InChI=1S/C15H17N5O3/c1-9-12(6-11(7-16)22-9)15(21)20-5-4-19(3)13(8-20)14-17-10(2)18-23-14/h6,13H,4-5,8H2,1-3H3/t13-/m0/s1. The molecule has 0 aliphatic carbocycles. The van der Waals surface area contributed by atoms with Crippen molar-refractivity contribution < 1.29 is 13.7 Å². The fraction of sp³-hybridized carbons (Fsp3) is 0.467. The van der Waals surface area contributed by atoms with E-state index < -0.39 is 0 Å². The molecule has 0 unspecified atom stereocenters. The predicted octanol–water partition coefficient (Wildman–Crippen LogP) is 1.28. The largest absolute Gasteiger partial charge is 0.450 e. The number of aromatic nitrogens is 2. The van der Waals surface area contributed by atoms with Gasteiger partial charge in [0.2, 0.25) is 11.7 Å². The first-order valence-electron chi connectivity index (χ1n) is 7.30. The van der Waals surface area contributed by atoms with Crippen molar-refractivity contribution in [1.82, 2.24) is 19.9 Å². The summed E-state index contributed by atoms with van der Waals surface area (Å²) in [4.78, 5) is 20.8. The fourth-order valence-electron chi connectivity index (χ4n) is 2.69. The quantitative estimate of drug-likeness (QED) is 0.823. The van der Waals surface area contributed by atoms with Crippen LogP contribution in [0, 0.1) is 25.2 Å². The smallest absolute Gasteiger partial charge is 0.257 e. The molecule has 1 aliphatic heterocycles. The minimum Gasteiger partial charge on any atom is -0.450 e. The van der Waals surface area contributed by atoms with E-state index in [9.17, 15) is 4.79 Å². The topological polar surface area (TPSA) is 99.4 Å². The number of furan rings is 1. The maximum Gasteiger partial charge on any atom is 0.257 e. The lowest BCUT2D eigenvalue weighted by molar-refractivity contribution is 0.0487. The number of hydrogen-bond donors (Lipinski definition) is 0. The van der Waals surface area contributed by atoms with Crippen LogP contribution in [0.25, 0.3) is 0 Å². The lowest BCUT2D eigenvalue weighted by Gasteiger charge is -2.37. The number of aryl methyl sites for hydroxylation is 2. The van der Waals surface area contributed by atoms with Gasteiger partial charge in [-0.2, -0.15) is 10.2 Å². The van der Waals surface area contributed by atoms with Gasteiger partial charge in [0.15, 0.2) is 5.82 Å². The number of nitriles is 1. The third-order valence-corrected chi connectivity index (χ3v) is 4.02. The van der Waals surface area contributed by atoms with Crippen molar-refractivity contribution >= 4 is 5.91 Å². The van der Waals surface area contributed by atoms with Crippen LogP contribution in [-0.2, 0) is 0 Å². The molecule has 2 aromatic rings. The Labute approximate surface area is 133 Å². The summed E-state index contributed by atoms with van der Waals surface area (Å²) in [6.07, 6.45) is 0. The van der Waals surface area contributed by atoms with E-state index in [0.717, 1.165) is 0 Å². The molecule has 3 rings (SSSR count). The van der Waals surface area contributed by atoms with Gasteiger partial charge in [-0.3, -0.25) is 9.69 Å². The van der Waals surface area contributed by atoms with Crippen molar-refractivity contribution in [2.45, 2.75) is 19.9 Å². The molecule has 0 radical (unpaired) electrons. The molecule has 3 heterocycles. The van der Waals surface area contributed by atoms with Crippen LogP contribution >= 0.6 is 0 Å². The Morgan fingerprint density at radius 3 is 2.83 bits per heavy atom. The molecular weight excluding hydrogens is 298 g/mol. The Balaban J connectivity index is 1.82. The summed E-state index contributed by atoms with van der Waals surface area (Å²) in [6.45, 7) is 5.18. The van der Waals surface area contributed by atoms with Gasteiger partial charge in [-0.25, -0.2) is 0 Å². The van der Waals surface area contributed by atoms with Crippen molar-refractivity contribution in [2.75, 3.05) is 26.7 Å². The highest BCUT2D eigenvalue weighted by Gasteiger charge is 2.33. The Hall–Kier alpha value is -2.66. The zero-order valence-corrected chi connectivity index (χ0v) is 13.2. The van der Waals surface area contributed by atoms with Crippen LogP contribution in [-0.4, -0.2) is 52.5 Å². The second-order valence-electron chi connectivity index (χ2n) is 5.62. The summed E-state index contributed by atoms with van der Waals surface area (Å²) < 4.78 is 10.5. The molecule has 23 heavy (non-hydrogen) atoms. The van der Waals surface area contributed by atoms with Crippen LogP contribution in [0.3, 0.4) is 0 Å². The van der Waals surface area contributed by atoms with Gasteiger partial charge < -0.3 is 13.8 Å². The van der Waals surface area contributed by atoms with E-state index >= 15 is 0 Å². The maximum atomic E-state index is 12.7. The number of piperazine rings is 1. The minimum atomic E-state index is -0.151. The fourth-order valence-corrected chi connectivity index (χ4v) is 2.69. The molecule has 8 heteroatoms. The van der Waals surface area contributed by atoms with Gasteiger partial charge >= 0.3 is 0 Å². The van der Waals surface area contributed by atoms with Crippen molar-refractivity contribution in [3.63, 3.8) is 0 Å². The second-order valence-corrected chi connectivity index (χ2v) is 5.62. The molecule has 1 atom stereocenters. The monoisotopic (exact) mass is 315 g/mol. The van der Waals surface area contributed by atoms with Crippen LogP contribution in [0.1, 0.15) is 39.6 Å². The van der Waals surface area contributed by atoms with Gasteiger partial charge in [-0.1, -0.05) is 5.16 Å². The van der Waals surface area contributed by atoms with E-state index in [4.69, 9.17) is 14.2 Å². The van der Waals surface area contributed by atoms with Crippen LogP contribution in [0.2, 0.25) is 0 Å². The first kappa shape index (κ1) is 15.2. The molecule has 1 amide bonds. The number of likely N-dealkylation sites (N-methyl/N-ethyl adjacent to an activating group) is 1.